The highest BCUT2D eigenvalue weighted by Crippen LogP contribution is 2.09. The van der Waals surface area contributed by atoms with Gasteiger partial charge in [-0.25, -0.2) is 0 Å². The van der Waals surface area contributed by atoms with Gasteiger partial charge in [0.05, 0.1) is 19.8 Å². The highest BCUT2D eigenvalue weighted by atomic mass is 16.5. The Morgan fingerprint density at radius 1 is 1.31 bits per heavy atom. The van der Waals surface area contributed by atoms with E-state index in [1.807, 2.05) is 11.8 Å². The lowest BCUT2D eigenvalue weighted by Gasteiger charge is -2.35. The quantitative estimate of drug-likeness (QED) is 0.634. The molecule has 1 fully saturated rings. The Bertz CT molecular complexity index is 583. The van der Waals surface area contributed by atoms with Crippen molar-refractivity contribution >= 4 is 17.6 Å². The van der Waals surface area contributed by atoms with Crippen molar-refractivity contribution in [2.75, 3.05) is 57.9 Å². The standard InChI is InChI=1S/C17H28N4O5/c1-4-24-9-10-25-14(3)17(23)21-7-5-20(6-8-21)12-16(22)18-15-11-13(2)26-19-15/h11,14H,4-10,12H2,1-3H3,(H,18,19,22). The Balaban J connectivity index is 1.67. The first-order valence-corrected chi connectivity index (χ1v) is 8.93. The number of ether oxygens (including phenoxy) is 2. The predicted octanol–water partition coefficient (Wildman–Crippen LogP) is 0.507. The van der Waals surface area contributed by atoms with Crippen LogP contribution >= 0.6 is 0 Å². The van der Waals surface area contributed by atoms with Gasteiger partial charge in [-0.1, -0.05) is 5.16 Å². The van der Waals surface area contributed by atoms with E-state index in [9.17, 15) is 9.59 Å². The molecule has 146 valence electrons. The summed E-state index contributed by atoms with van der Waals surface area (Å²) in [5.41, 5.74) is 0. The molecule has 0 spiro atoms. The molecule has 9 heteroatoms. The summed E-state index contributed by atoms with van der Waals surface area (Å²) in [6.45, 7) is 9.67. The van der Waals surface area contributed by atoms with Crippen LogP contribution in [0.1, 0.15) is 19.6 Å². The van der Waals surface area contributed by atoms with Crippen LogP contribution in [0.3, 0.4) is 0 Å². The highest BCUT2D eigenvalue weighted by Gasteiger charge is 2.26. The maximum Gasteiger partial charge on any atom is 0.251 e. The van der Waals surface area contributed by atoms with Crippen LogP contribution in [0, 0.1) is 6.92 Å². The van der Waals surface area contributed by atoms with Crippen molar-refractivity contribution < 1.29 is 23.6 Å². The maximum absolute atomic E-state index is 12.4. The van der Waals surface area contributed by atoms with E-state index < -0.39 is 6.10 Å². The van der Waals surface area contributed by atoms with E-state index in [4.69, 9.17) is 14.0 Å². The average Bonchev–Trinajstić information content (AvgIpc) is 3.03. The smallest absolute Gasteiger partial charge is 0.251 e. The molecule has 1 aromatic rings. The number of hydrogen-bond donors (Lipinski definition) is 1. The lowest BCUT2D eigenvalue weighted by atomic mass is 10.2. The van der Waals surface area contributed by atoms with Crippen LogP contribution in [0.15, 0.2) is 10.6 Å². The van der Waals surface area contributed by atoms with Gasteiger partial charge in [-0.2, -0.15) is 0 Å². The van der Waals surface area contributed by atoms with Gasteiger partial charge >= 0.3 is 0 Å². The summed E-state index contributed by atoms with van der Waals surface area (Å²) >= 11 is 0. The summed E-state index contributed by atoms with van der Waals surface area (Å²) in [6, 6.07) is 1.67. The highest BCUT2D eigenvalue weighted by molar-refractivity contribution is 5.91. The predicted molar refractivity (Wildman–Crippen MR) is 94.8 cm³/mol. The van der Waals surface area contributed by atoms with Gasteiger partial charge in [-0.15, -0.1) is 0 Å². The number of nitrogens with zero attached hydrogens (tertiary/aromatic N) is 3. The van der Waals surface area contributed by atoms with Crippen molar-refractivity contribution in [1.29, 1.82) is 0 Å². The molecule has 0 aromatic carbocycles. The molecule has 1 aliphatic heterocycles. The van der Waals surface area contributed by atoms with Gasteiger partial charge in [-0.3, -0.25) is 14.5 Å². The molecule has 0 radical (unpaired) electrons. The van der Waals surface area contributed by atoms with Gasteiger partial charge in [0.25, 0.3) is 5.91 Å². The largest absolute Gasteiger partial charge is 0.379 e. The third-order valence-corrected chi connectivity index (χ3v) is 4.09. The molecule has 0 saturated carbocycles. The minimum atomic E-state index is -0.485. The van der Waals surface area contributed by atoms with E-state index in [-0.39, 0.29) is 18.4 Å². The number of amides is 2. The van der Waals surface area contributed by atoms with E-state index in [0.29, 0.717) is 57.6 Å². The Kier molecular flexibility index (Phi) is 8.02. The summed E-state index contributed by atoms with van der Waals surface area (Å²) < 4.78 is 15.6. The monoisotopic (exact) mass is 368 g/mol. The van der Waals surface area contributed by atoms with Crippen LogP contribution in [0.4, 0.5) is 5.82 Å². The fourth-order valence-corrected chi connectivity index (χ4v) is 2.69. The lowest BCUT2D eigenvalue weighted by molar-refractivity contribution is -0.145. The minimum Gasteiger partial charge on any atom is -0.379 e. The Morgan fingerprint density at radius 3 is 2.65 bits per heavy atom. The lowest BCUT2D eigenvalue weighted by Crippen LogP contribution is -2.52. The third kappa shape index (κ3) is 6.40. The van der Waals surface area contributed by atoms with Gasteiger partial charge in [0.1, 0.15) is 11.9 Å². The fourth-order valence-electron chi connectivity index (χ4n) is 2.69. The first kappa shape index (κ1) is 20.3. The second-order valence-corrected chi connectivity index (χ2v) is 6.18. The van der Waals surface area contributed by atoms with E-state index >= 15 is 0 Å². The molecule has 1 N–H and O–H groups in total. The minimum absolute atomic E-state index is 0.0244. The summed E-state index contributed by atoms with van der Waals surface area (Å²) in [4.78, 5) is 28.2. The van der Waals surface area contributed by atoms with Crippen LogP contribution < -0.4 is 5.32 Å². The van der Waals surface area contributed by atoms with Crippen LogP contribution in [-0.2, 0) is 19.1 Å². The molecule has 1 unspecified atom stereocenters. The van der Waals surface area contributed by atoms with Crippen molar-refractivity contribution in [3.8, 4) is 0 Å². The molecule has 9 nitrogen and oxygen atoms in total. The van der Waals surface area contributed by atoms with Gasteiger partial charge in [0.2, 0.25) is 5.91 Å². The molecular weight excluding hydrogens is 340 g/mol. The van der Waals surface area contributed by atoms with Crippen LogP contribution in [0.5, 0.6) is 0 Å². The van der Waals surface area contributed by atoms with Crippen molar-refractivity contribution in [1.82, 2.24) is 15.0 Å². The summed E-state index contributed by atoms with van der Waals surface area (Å²) in [5, 5.41) is 6.44. The first-order chi connectivity index (χ1) is 12.5. The Labute approximate surface area is 153 Å². The Hall–Kier alpha value is -1.97. The number of carbonyl (C=O) groups excluding carboxylic acids is 2. The molecular formula is C17H28N4O5. The number of aryl methyl sites for hydroxylation is 1. The number of carbonyl (C=O) groups is 2. The number of piperazine rings is 1. The average molecular weight is 368 g/mol. The number of rotatable bonds is 9. The van der Waals surface area contributed by atoms with Crippen molar-refractivity contribution in [3.63, 3.8) is 0 Å². The summed E-state index contributed by atoms with van der Waals surface area (Å²) in [5.74, 6) is 0.888. The van der Waals surface area contributed by atoms with E-state index in [0.717, 1.165) is 0 Å². The van der Waals surface area contributed by atoms with Crippen molar-refractivity contribution in [2.45, 2.75) is 26.9 Å². The topological polar surface area (TPSA) is 97.1 Å². The van der Waals surface area contributed by atoms with Gasteiger partial charge in [0.15, 0.2) is 5.82 Å². The maximum atomic E-state index is 12.4. The molecule has 1 aromatic heterocycles. The number of nitrogens with one attached hydrogen (secondary N) is 1. The molecule has 1 atom stereocenters. The van der Waals surface area contributed by atoms with E-state index in [1.54, 1.807) is 24.8 Å². The normalized spacial score (nSPS) is 16.5. The van der Waals surface area contributed by atoms with Crippen LogP contribution in [0.25, 0.3) is 0 Å². The SMILES string of the molecule is CCOCCOC(C)C(=O)N1CCN(CC(=O)Nc2cc(C)on2)CC1. The zero-order valence-electron chi connectivity index (χ0n) is 15.7. The van der Waals surface area contributed by atoms with Gasteiger partial charge in [-0.05, 0) is 20.8 Å². The Morgan fingerprint density at radius 2 is 2.04 bits per heavy atom. The molecule has 2 amide bonds. The van der Waals surface area contributed by atoms with Crippen LogP contribution in [-0.4, -0.2) is 85.4 Å². The summed E-state index contributed by atoms with van der Waals surface area (Å²) in [6.07, 6.45) is -0.485. The van der Waals surface area contributed by atoms with E-state index in [2.05, 4.69) is 10.5 Å². The fraction of sp³-hybridized carbons (Fsp3) is 0.706. The number of anilines is 1. The molecule has 1 saturated heterocycles. The molecule has 2 heterocycles. The van der Waals surface area contributed by atoms with Crippen molar-refractivity contribution in [3.05, 3.63) is 11.8 Å². The number of hydrogen-bond acceptors (Lipinski definition) is 7. The second kappa shape index (κ2) is 10.2. The molecule has 1 aliphatic rings. The first-order valence-electron chi connectivity index (χ1n) is 8.93. The zero-order chi connectivity index (χ0) is 18.9. The van der Waals surface area contributed by atoms with Crippen LogP contribution in [0.2, 0.25) is 0 Å². The molecule has 26 heavy (non-hydrogen) atoms. The van der Waals surface area contributed by atoms with E-state index in [1.165, 1.54) is 0 Å². The molecule has 2 rings (SSSR count). The van der Waals surface area contributed by atoms with Gasteiger partial charge < -0.3 is 24.2 Å². The molecule has 0 bridgehead atoms. The third-order valence-electron chi connectivity index (χ3n) is 4.09. The zero-order valence-corrected chi connectivity index (χ0v) is 15.7. The summed E-state index contributed by atoms with van der Waals surface area (Å²) in [7, 11) is 0. The second-order valence-electron chi connectivity index (χ2n) is 6.18. The van der Waals surface area contributed by atoms with Gasteiger partial charge in [0, 0.05) is 38.9 Å². The van der Waals surface area contributed by atoms with Crippen molar-refractivity contribution in [2.24, 2.45) is 0 Å². The molecule has 0 aliphatic carbocycles. The number of aromatic nitrogens is 1.